The highest BCUT2D eigenvalue weighted by Gasteiger charge is 2.29. The molecule has 2 atom stereocenters. The Morgan fingerprint density at radius 3 is 2.60 bits per heavy atom. The molecule has 3 aromatic carbocycles. The maximum Gasteiger partial charge on any atom is 0.219 e. The Labute approximate surface area is 174 Å². The number of ether oxygens (including phenoxy) is 3. The van der Waals surface area contributed by atoms with Gasteiger partial charge in [-0.25, -0.2) is 4.98 Å². The molecule has 0 saturated heterocycles. The number of aliphatic hydroxyl groups excluding tert-OH is 1. The molecule has 0 spiro atoms. The van der Waals surface area contributed by atoms with Crippen LogP contribution in [0.4, 0.5) is 0 Å². The van der Waals surface area contributed by atoms with Gasteiger partial charge in [0.2, 0.25) is 5.88 Å². The van der Waals surface area contributed by atoms with Crippen molar-refractivity contribution in [3.05, 3.63) is 90.5 Å². The highest BCUT2D eigenvalue weighted by atomic mass is 16.5. The molecule has 0 amide bonds. The SMILES string of the molecule is O[C@H]1c2cc(Oc3ccc4ccccc4n3)ccc2OCC[C@@H]1Oc1ccccc1. The molecule has 4 aromatic rings. The number of rotatable bonds is 4. The molecule has 1 aliphatic heterocycles. The van der Waals surface area contributed by atoms with E-state index in [1.165, 1.54) is 0 Å². The molecule has 2 heterocycles. The monoisotopic (exact) mass is 399 g/mol. The summed E-state index contributed by atoms with van der Waals surface area (Å²) in [6.07, 6.45) is -0.675. The van der Waals surface area contributed by atoms with Crippen LogP contribution in [0, 0.1) is 0 Å². The highest BCUT2D eigenvalue weighted by molar-refractivity contribution is 5.78. The number of benzene rings is 3. The number of pyridine rings is 1. The third-order valence-electron chi connectivity index (χ3n) is 5.14. The highest BCUT2D eigenvalue weighted by Crippen LogP contribution is 2.37. The average Bonchev–Trinajstić information content (AvgIpc) is 2.93. The Morgan fingerprint density at radius 2 is 1.70 bits per heavy atom. The molecule has 1 N–H and O–H groups in total. The van der Waals surface area contributed by atoms with Crippen molar-refractivity contribution in [2.75, 3.05) is 6.61 Å². The predicted octanol–water partition coefficient (Wildman–Crippen LogP) is 5.29. The summed E-state index contributed by atoms with van der Waals surface area (Å²) in [4.78, 5) is 4.55. The van der Waals surface area contributed by atoms with Crippen molar-refractivity contribution in [3.63, 3.8) is 0 Å². The first-order valence-electron chi connectivity index (χ1n) is 9.96. The van der Waals surface area contributed by atoms with Crippen molar-refractivity contribution in [2.24, 2.45) is 0 Å². The molecule has 0 saturated carbocycles. The molecule has 30 heavy (non-hydrogen) atoms. The second-order valence-corrected chi connectivity index (χ2v) is 7.20. The predicted molar refractivity (Wildman–Crippen MR) is 114 cm³/mol. The fourth-order valence-corrected chi connectivity index (χ4v) is 3.62. The van der Waals surface area contributed by atoms with Gasteiger partial charge in [-0.1, -0.05) is 36.4 Å². The summed E-state index contributed by atoms with van der Waals surface area (Å²) in [5.41, 5.74) is 1.51. The van der Waals surface area contributed by atoms with Gasteiger partial charge in [-0.3, -0.25) is 0 Å². The maximum atomic E-state index is 11.0. The van der Waals surface area contributed by atoms with Crippen LogP contribution in [0.25, 0.3) is 10.9 Å². The van der Waals surface area contributed by atoms with Crippen LogP contribution in [0.5, 0.6) is 23.1 Å². The number of nitrogens with zero attached hydrogens (tertiary/aromatic N) is 1. The average molecular weight is 399 g/mol. The van der Waals surface area contributed by atoms with Gasteiger partial charge in [-0.2, -0.15) is 0 Å². The topological polar surface area (TPSA) is 60.8 Å². The van der Waals surface area contributed by atoms with Crippen LogP contribution in [-0.2, 0) is 0 Å². The Hall–Kier alpha value is -3.57. The molecule has 5 rings (SSSR count). The van der Waals surface area contributed by atoms with Gasteiger partial charge in [-0.05, 0) is 42.5 Å². The molecule has 0 radical (unpaired) electrons. The summed E-state index contributed by atoms with van der Waals surface area (Å²) >= 11 is 0. The minimum atomic E-state index is -0.837. The van der Waals surface area contributed by atoms with Gasteiger partial charge in [0.25, 0.3) is 0 Å². The molecule has 0 fully saturated rings. The lowest BCUT2D eigenvalue weighted by Gasteiger charge is -2.22. The van der Waals surface area contributed by atoms with Crippen LogP contribution in [0.3, 0.4) is 0 Å². The largest absolute Gasteiger partial charge is 0.493 e. The van der Waals surface area contributed by atoms with Gasteiger partial charge in [0, 0.05) is 23.4 Å². The van der Waals surface area contributed by atoms with Gasteiger partial charge in [0.05, 0.1) is 12.1 Å². The van der Waals surface area contributed by atoms with Crippen molar-refractivity contribution in [3.8, 4) is 23.1 Å². The number of aromatic nitrogens is 1. The maximum absolute atomic E-state index is 11.0. The minimum Gasteiger partial charge on any atom is -0.493 e. The van der Waals surface area contributed by atoms with E-state index in [-0.39, 0.29) is 0 Å². The molecule has 150 valence electrons. The summed E-state index contributed by atoms with van der Waals surface area (Å²) in [5.74, 6) is 2.44. The molecular weight excluding hydrogens is 378 g/mol. The number of fused-ring (bicyclic) bond motifs is 2. The van der Waals surface area contributed by atoms with Gasteiger partial charge in [0.1, 0.15) is 29.5 Å². The number of hydrogen-bond donors (Lipinski definition) is 1. The quantitative estimate of drug-likeness (QED) is 0.505. The Balaban J connectivity index is 1.40. The molecule has 1 aromatic heterocycles. The van der Waals surface area contributed by atoms with Crippen LogP contribution >= 0.6 is 0 Å². The molecule has 0 unspecified atom stereocenters. The first-order chi connectivity index (χ1) is 14.8. The lowest BCUT2D eigenvalue weighted by atomic mass is 10.0. The first kappa shape index (κ1) is 18.5. The Kier molecular flexibility index (Phi) is 4.95. The van der Waals surface area contributed by atoms with E-state index < -0.39 is 12.2 Å². The molecule has 5 heteroatoms. The van der Waals surface area contributed by atoms with E-state index in [4.69, 9.17) is 14.2 Å². The van der Waals surface area contributed by atoms with Crippen molar-refractivity contribution >= 4 is 10.9 Å². The van der Waals surface area contributed by atoms with Crippen molar-refractivity contribution < 1.29 is 19.3 Å². The molecule has 0 aliphatic carbocycles. The summed E-state index contributed by atoms with van der Waals surface area (Å²) in [5, 5.41) is 12.1. The van der Waals surface area contributed by atoms with E-state index in [0.717, 1.165) is 16.7 Å². The fourth-order valence-electron chi connectivity index (χ4n) is 3.62. The van der Waals surface area contributed by atoms with Crippen molar-refractivity contribution in [2.45, 2.75) is 18.6 Å². The number of para-hydroxylation sites is 2. The zero-order chi connectivity index (χ0) is 20.3. The van der Waals surface area contributed by atoms with E-state index in [1.54, 1.807) is 6.07 Å². The third-order valence-corrected chi connectivity index (χ3v) is 5.14. The van der Waals surface area contributed by atoms with E-state index in [2.05, 4.69) is 4.98 Å². The lowest BCUT2D eigenvalue weighted by molar-refractivity contribution is 0.0312. The van der Waals surface area contributed by atoms with Crippen LogP contribution in [0.1, 0.15) is 18.1 Å². The smallest absolute Gasteiger partial charge is 0.219 e. The summed E-state index contributed by atoms with van der Waals surface area (Å²) in [6.45, 7) is 0.466. The van der Waals surface area contributed by atoms with Crippen molar-refractivity contribution in [1.82, 2.24) is 4.98 Å². The number of aliphatic hydroxyl groups is 1. The zero-order valence-electron chi connectivity index (χ0n) is 16.3. The van der Waals surface area contributed by atoms with E-state index >= 15 is 0 Å². The third kappa shape index (κ3) is 3.80. The van der Waals surface area contributed by atoms with Gasteiger partial charge >= 0.3 is 0 Å². The minimum absolute atomic E-state index is 0.414. The second-order valence-electron chi connectivity index (χ2n) is 7.20. The normalized spacial score (nSPS) is 18.2. The van der Waals surface area contributed by atoms with Crippen LogP contribution < -0.4 is 14.2 Å². The summed E-state index contributed by atoms with van der Waals surface area (Å²) < 4.78 is 17.8. The fraction of sp³-hybridized carbons (Fsp3) is 0.160. The number of hydrogen-bond acceptors (Lipinski definition) is 5. The lowest BCUT2D eigenvalue weighted by Crippen LogP contribution is -2.25. The van der Waals surface area contributed by atoms with Crippen LogP contribution in [-0.4, -0.2) is 22.8 Å². The van der Waals surface area contributed by atoms with Crippen LogP contribution in [0.15, 0.2) is 84.9 Å². The molecule has 5 nitrogen and oxygen atoms in total. The van der Waals surface area contributed by atoms with E-state index in [0.29, 0.717) is 36.0 Å². The molecule has 1 aliphatic rings. The zero-order valence-corrected chi connectivity index (χ0v) is 16.3. The van der Waals surface area contributed by atoms with Gasteiger partial charge in [0.15, 0.2) is 0 Å². The standard InChI is InChI=1S/C25H21NO4/c27-25-20-16-19(30-24-13-10-17-6-4-5-9-21(17)26-24)11-12-22(20)28-15-14-23(25)29-18-7-2-1-3-8-18/h1-13,16,23,25,27H,14-15H2/t23-,25-/m0/s1. The Bertz CT molecular complexity index is 1160. The second kappa shape index (κ2) is 8.05. The van der Waals surface area contributed by atoms with Crippen molar-refractivity contribution in [1.29, 1.82) is 0 Å². The van der Waals surface area contributed by atoms with E-state index in [9.17, 15) is 5.11 Å². The molecular formula is C25H21NO4. The van der Waals surface area contributed by atoms with Crippen LogP contribution in [0.2, 0.25) is 0 Å². The Morgan fingerprint density at radius 1 is 0.867 bits per heavy atom. The van der Waals surface area contributed by atoms with Gasteiger partial charge in [-0.15, -0.1) is 0 Å². The van der Waals surface area contributed by atoms with Gasteiger partial charge < -0.3 is 19.3 Å². The molecule has 0 bridgehead atoms. The van der Waals surface area contributed by atoms with E-state index in [1.807, 2.05) is 78.9 Å². The summed E-state index contributed by atoms with van der Waals surface area (Å²) in [6, 6.07) is 26.6. The first-order valence-corrected chi connectivity index (χ1v) is 9.96. The summed E-state index contributed by atoms with van der Waals surface area (Å²) in [7, 11) is 0.